The van der Waals surface area contributed by atoms with Crippen molar-refractivity contribution in [2.24, 2.45) is 11.8 Å². The molecule has 0 unspecified atom stereocenters. The fraction of sp³-hybridized carbons (Fsp3) is 0.438. The molecule has 1 saturated carbocycles. The van der Waals surface area contributed by atoms with E-state index in [-0.39, 0.29) is 5.82 Å². The highest BCUT2D eigenvalue weighted by atomic mass is 19.1. The van der Waals surface area contributed by atoms with Crippen LogP contribution in [0.25, 0.3) is 10.9 Å². The van der Waals surface area contributed by atoms with Crippen molar-refractivity contribution in [1.82, 2.24) is 10.3 Å². The third-order valence-corrected chi connectivity index (χ3v) is 4.83. The van der Waals surface area contributed by atoms with Crippen molar-refractivity contribution in [1.29, 1.82) is 0 Å². The Labute approximate surface area is 112 Å². The molecule has 2 heterocycles. The van der Waals surface area contributed by atoms with Gasteiger partial charge in [-0.25, -0.2) is 4.39 Å². The maximum atomic E-state index is 13.5. The quantitative estimate of drug-likeness (QED) is 0.848. The molecule has 3 atom stereocenters. The molecular formula is C16H17FN2. The van der Waals surface area contributed by atoms with Crippen LogP contribution in [0.3, 0.4) is 0 Å². The van der Waals surface area contributed by atoms with Gasteiger partial charge in [0.15, 0.2) is 0 Å². The number of halogens is 1. The molecule has 0 bridgehead atoms. The zero-order chi connectivity index (χ0) is 12.8. The lowest BCUT2D eigenvalue weighted by atomic mass is 9.93. The normalized spacial score (nSPS) is 29.8. The van der Waals surface area contributed by atoms with E-state index < -0.39 is 0 Å². The Morgan fingerprint density at radius 1 is 1.11 bits per heavy atom. The molecule has 3 heteroatoms. The highest BCUT2D eigenvalue weighted by Gasteiger charge is 2.38. The fourth-order valence-electron chi connectivity index (χ4n) is 3.92. The van der Waals surface area contributed by atoms with Crippen LogP contribution in [0, 0.1) is 17.7 Å². The molecule has 2 fully saturated rings. The van der Waals surface area contributed by atoms with Crippen molar-refractivity contribution in [2.45, 2.75) is 18.8 Å². The van der Waals surface area contributed by atoms with Gasteiger partial charge in [-0.3, -0.25) is 4.98 Å². The summed E-state index contributed by atoms with van der Waals surface area (Å²) in [6, 6.07) is 7.00. The Hall–Kier alpha value is -1.48. The van der Waals surface area contributed by atoms with Crippen LogP contribution in [-0.4, -0.2) is 18.1 Å². The number of fused-ring (bicyclic) bond motifs is 2. The summed E-state index contributed by atoms with van der Waals surface area (Å²) in [5, 5.41) is 4.47. The summed E-state index contributed by atoms with van der Waals surface area (Å²) in [6.07, 6.45) is 4.32. The van der Waals surface area contributed by atoms with Crippen LogP contribution in [-0.2, 0) is 0 Å². The molecule has 1 saturated heterocycles. The van der Waals surface area contributed by atoms with Crippen LogP contribution in [0.1, 0.15) is 24.3 Å². The van der Waals surface area contributed by atoms with E-state index in [2.05, 4.69) is 16.4 Å². The Kier molecular flexibility index (Phi) is 2.55. The van der Waals surface area contributed by atoms with E-state index >= 15 is 0 Å². The smallest absolute Gasteiger partial charge is 0.123 e. The first-order valence-electron chi connectivity index (χ1n) is 7.06. The average Bonchev–Trinajstić information content (AvgIpc) is 2.98. The zero-order valence-corrected chi connectivity index (χ0v) is 10.8. The van der Waals surface area contributed by atoms with Gasteiger partial charge in [-0.15, -0.1) is 0 Å². The van der Waals surface area contributed by atoms with E-state index in [1.807, 2.05) is 6.20 Å². The molecule has 0 radical (unpaired) electrons. The minimum atomic E-state index is -0.165. The van der Waals surface area contributed by atoms with Crippen molar-refractivity contribution >= 4 is 10.9 Å². The lowest BCUT2D eigenvalue weighted by Crippen LogP contribution is -2.11. The van der Waals surface area contributed by atoms with Gasteiger partial charge in [-0.05, 0) is 73.5 Å². The number of nitrogens with one attached hydrogen (secondary N) is 1. The van der Waals surface area contributed by atoms with Crippen LogP contribution in [0.15, 0.2) is 30.5 Å². The van der Waals surface area contributed by atoms with Crippen LogP contribution >= 0.6 is 0 Å². The Morgan fingerprint density at radius 3 is 2.68 bits per heavy atom. The first-order valence-corrected chi connectivity index (χ1v) is 7.06. The largest absolute Gasteiger partial charge is 0.316 e. The lowest BCUT2D eigenvalue weighted by molar-refractivity contribution is 0.494. The van der Waals surface area contributed by atoms with Gasteiger partial charge >= 0.3 is 0 Å². The first kappa shape index (κ1) is 11.4. The van der Waals surface area contributed by atoms with Gasteiger partial charge in [0.05, 0.1) is 5.52 Å². The zero-order valence-electron chi connectivity index (χ0n) is 10.8. The maximum absolute atomic E-state index is 13.5. The molecule has 1 aliphatic heterocycles. The second-order valence-corrected chi connectivity index (χ2v) is 5.91. The van der Waals surface area contributed by atoms with Crippen molar-refractivity contribution in [3.05, 3.63) is 41.8 Å². The molecule has 2 nitrogen and oxygen atoms in total. The fourth-order valence-corrected chi connectivity index (χ4v) is 3.92. The molecule has 0 amide bonds. The van der Waals surface area contributed by atoms with E-state index in [1.54, 1.807) is 12.1 Å². The van der Waals surface area contributed by atoms with E-state index in [0.717, 1.165) is 35.8 Å². The first-order chi connectivity index (χ1) is 9.31. The molecule has 0 spiro atoms. The predicted molar refractivity (Wildman–Crippen MR) is 73.5 cm³/mol. The molecule has 19 heavy (non-hydrogen) atoms. The summed E-state index contributed by atoms with van der Waals surface area (Å²) in [4.78, 5) is 4.35. The molecular weight excluding hydrogens is 239 g/mol. The molecule has 2 aromatic rings. The maximum Gasteiger partial charge on any atom is 0.123 e. The summed E-state index contributed by atoms with van der Waals surface area (Å²) in [7, 11) is 0. The van der Waals surface area contributed by atoms with Crippen molar-refractivity contribution < 1.29 is 4.39 Å². The number of pyridine rings is 1. The lowest BCUT2D eigenvalue weighted by Gasteiger charge is -2.14. The van der Waals surface area contributed by atoms with Gasteiger partial charge in [0, 0.05) is 11.6 Å². The Morgan fingerprint density at radius 2 is 1.89 bits per heavy atom. The van der Waals surface area contributed by atoms with Crippen LogP contribution < -0.4 is 5.32 Å². The van der Waals surface area contributed by atoms with Crippen molar-refractivity contribution in [3.63, 3.8) is 0 Å². The second kappa shape index (κ2) is 4.27. The van der Waals surface area contributed by atoms with Gasteiger partial charge in [-0.2, -0.15) is 0 Å². The minimum Gasteiger partial charge on any atom is -0.316 e. The van der Waals surface area contributed by atoms with Gasteiger partial charge in [0.2, 0.25) is 0 Å². The molecule has 2 aliphatic rings. The second-order valence-electron chi connectivity index (χ2n) is 5.91. The molecule has 1 aromatic carbocycles. The van der Waals surface area contributed by atoms with Crippen molar-refractivity contribution in [3.8, 4) is 0 Å². The highest BCUT2D eigenvalue weighted by molar-refractivity contribution is 5.82. The summed E-state index contributed by atoms with van der Waals surface area (Å²) in [6.45, 7) is 2.30. The average molecular weight is 256 g/mol. The third-order valence-electron chi connectivity index (χ3n) is 4.83. The van der Waals surface area contributed by atoms with Gasteiger partial charge in [0.1, 0.15) is 5.82 Å². The number of aromatic nitrogens is 1. The standard InChI is InChI=1S/C16H17FN2/c17-13-1-2-16-15(7-13)14(3-4-19-16)10-5-11-8-18-9-12(11)6-10/h1-4,7,10-12,18H,5-6,8-9H2/t10-,11-,12+. The van der Waals surface area contributed by atoms with Gasteiger partial charge in [-0.1, -0.05) is 0 Å². The van der Waals surface area contributed by atoms with E-state index in [4.69, 9.17) is 0 Å². The summed E-state index contributed by atoms with van der Waals surface area (Å²) < 4.78 is 13.5. The van der Waals surface area contributed by atoms with Crippen LogP contribution in [0.2, 0.25) is 0 Å². The summed E-state index contributed by atoms with van der Waals surface area (Å²) >= 11 is 0. The van der Waals surface area contributed by atoms with E-state index in [9.17, 15) is 4.39 Å². The van der Waals surface area contributed by atoms with Gasteiger partial charge in [0.25, 0.3) is 0 Å². The van der Waals surface area contributed by atoms with Crippen molar-refractivity contribution in [2.75, 3.05) is 13.1 Å². The Balaban J connectivity index is 1.77. The topological polar surface area (TPSA) is 24.9 Å². The molecule has 1 aliphatic carbocycles. The summed E-state index contributed by atoms with van der Waals surface area (Å²) in [5.74, 6) is 2.02. The number of rotatable bonds is 1. The molecule has 1 N–H and O–H groups in total. The number of hydrogen-bond donors (Lipinski definition) is 1. The molecule has 1 aromatic heterocycles. The summed E-state index contributed by atoms with van der Waals surface area (Å²) in [5.41, 5.74) is 2.20. The molecule has 4 rings (SSSR count). The van der Waals surface area contributed by atoms with Crippen LogP contribution in [0.5, 0.6) is 0 Å². The minimum absolute atomic E-state index is 0.165. The van der Waals surface area contributed by atoms with E-state index in [0.29, 0.717) is 5.92 Å². The highest BCUT2D eigenvalue weighted by Crippen LogP contribution is 2.45. The van der Waals surface area contributed by atoms with Crippen LogP contribution in [0.4, 0.5) is 4.39 Å². The van der Waals surface area contributed by atoms with E-state index in [1.165, 1.54) is 24.5 Å². The SMILES string of the molecule is Fc1ccc2nccc([C@H]3C[C@H]4CNC[C@H]4C3)c2c1. The van der Waals surface area contributed by atoms with Gasteiger partial charge < -0.3 is 5.32 Å². The molecule has 98 valence electrons. The third kappa shape index (κ3) is 1.84. The number of nitrogens with zero attached hydrogens (tertiary/aromatic N) is 1. The Bertz CT molecular complexity index is 613. The number of benzene rings is 1. The monoisotopic (exact) mass is 256 g/mol. The predicted octanol–water partition coefficient (Wildman–Crippen LogP) is 3.09. The number of hydrogen-bond acceptors (Lipinski definition) is 2.